The number of benzene rings is 1. The standard InChI is InChI=1S/C21H28BrN3O/c1-15-5-6-17(20(22)10-15)12-25(14-19-4-3-9-26-19)13-18-11-23-24(2)21(18)16-7-8-16/h5-6,10-11,16,19H,3-4,7-9,12-14H2,1-2H3. The molecule has 0 spiro atoms. The Bertz CT molecular complexity index is 763. The second-order valence-electron chi connectivity index (χ2n) is 7.85. The van der Waals surface area contributed by atoms with E-state index in [1.54, 1.807) is 0 Å². The van der Waals surface area contributed by atoms with E-state index in [0.29, 0.717) is 12.0 Å². The number of ether oxygens (including phenoxy) is 1. The van der Waals surface area contributed by atoms with Crippen molar-refractivity contribution in [1.29, 1.82) is 0 Å². The van der Waals surface area contributed by atoms with Crippen LogP contribution in [0.4, 0.5) is 0 Å². The van der Waals surface area contributed by atoms with Gasteiger partial charge in [-0.15, -0.1) is 0 Å². The number of hydrogen-bond donors (Lipinski definition) is 0. The molecule has 1 saturated carbocycles. The van der Waals surface area contributed by atoms with Crippen molar-refractivity contribution in [3.05, 3.63) is 51.3 Å². The van der Waals surface area contributed by atoms with Gasteiger partial charge in [-0.3, -0.25) is 9.58 Å². The Kier molecular flexibility index (Phi) is 5.48. The molecule has 1 aliphatic heterocycles. The van der Waals surface area contributed by atoms with Crippen LogP contribution in [0.25, 0.3) is 0 Å². The molecule has 1 aliphatic carbocycles. The Hall–Kier alpha value is -1.17. The van der Waals surface area contributed by atoms with Gasteiger partial charge in [0.2, 0.25) is 0 Å². The Labute approximate surface area is 164 Å². The van der Waals surface area contributed by atoms with Crippen molar-refractivity contribution in [3.8, 4) is 0 Å². The zero-order valence-corrected chi connectivity index (χ0v) is 17.3. The van der Waals surface area contributed by atoms with Gasteiger partial charge in [-0.1, -0.05) is 28.1 Å². The van der Waals surface area contributed by atoms with Crippen LogP contribution in [0, 0.1) is 6.92 Å². The minimum Gasteiger partial charge on any atom is -0.377 e. The first-order valence-electron chi connectivity index (χ1n) is 9.70. The molecule has 2 heterocycles. The molecule has 0 radical (unpaired) electrons. The highest BCUT2D eigenvalue weighted by molar-refractivity contribution is 9.10. The molecular formula is C21H28BrN3O. The van der Waals surface area contributed by atoms with Crippen molar-refractivity contribution in [2.75, 3.05) is 13.2 Å². The molecule has 1 unspecified atom stereocenters. The summed E-state index contributed by atoms with van der Waals surface area (Å²) in [7, 11) is 2.08. The third-order valence-corrected chi connectivity index (χ3v) is 6.25. The second-order valence-corrected chi connectivity index (χ2v) is 8.71. The molecule has 1 atom stereocenters. The number of rotatable bonds is 7. The highest BCUT2D eigenvalue weighted by Gasteiger charge is 2.30. The summed E-state index contributed by atoms with van der Waals surface area (Å²) in [5, 5.41) is 4.55. The first-order valence-corrected chi connectivity index (χ1v) is 10.5. The highest BCUT2D eigenvalue weighted by Crippen LogP contribution is 2.41. The van der Waals surface area contributed by atoms with E-state index in [1.807, 2.05) is 0 Å². The molecule has 0 amide bonds. The van der Waals surface area contributed by atoms with Crippen LogP contribution in [0.2, 0.25) is 0 Å². The molecule has 26 heavy (non-hydrogen) atoms. The Balaban J connectivity index is 1.54. The van der Waals surface area contributed by atoms with Gasteiger partial charge >= 0.3 is 0 Å². The van der Waals surface area contributed by atoms with E-state index in [0.717, 1.165) is 26.2 Å². The fourth-order valence-corrected chi connectivity index (χ4v) is 4.64. The summed E-state index contributed by atoms with van der Waals surface area (Å²) in [5.41, 5.74) is 5.45. The van der Waals surface area contributed by atoms with E-state index in [2.05, 4.69) is 69.0 Å². The average Bonchev–Trinajstić information content (AvgIpc) is 3.18. The van der Waals surface area contributed by atoms with E-state index in [4.69, 9.17) is 4.74 Å². The Morgan fingerprint density at radius 2 is 2.04 bits per heavy atom. The fourth-order valence-electron chi connectivity index (χ4n) is 4.02. The lowest BCUT2D eigenvalue weighted by Crippen LogP contribution is -2.31. The van der Waals surface area contributed by atoms with Crippen LogP contribution < -0.4 is 0 Å². The van der Waals surface area contributed by atoms with Crippen molar-refractivity contribution in [2.45, 2.75) is 57.7 Å². The van der Waals surface area contributed by atoms with Gasteiger partial charge < -0.3 is 4.74 Å². The fraction of sp³-hybridized carbons (Fsp3) is 0.571. The molecule has 2 fully saturated rings. The lowest BCUT2D eigenvalue weighted by atomic mass is 10.1. The molecule has 2 aromatic rings. The maximum atomic E-state index is 5.93. The van der Waals surface area contributed by atoms with Crippen LogP contribution in [0.1, 0.15) is 54.0 Å². The van der Waals surface area contributed by atoms with Crippen LogP contribution in [0.5, 0.6) is 0 Å². The molecule has 2 aliphatic rings. The SMILES string of the molecule is Cc1ccc(CN(Cc2cnn(C)c2C2CC2)CC2CCCO2)c(Br)c1. The summed E-state index contributed by atoms with van der Waals surface area (Å²) < 4.78 is 9.21. The highest BCUT2D eigenvalue weighted by atomic mass is 79.9. The summed E-state index contributed by atoms with van der Waals surface area (Å²) in [5.74, 6) is 0.716. The predicted octanol–water partition coefficient (Wildman–Crippen LogP) is 4.55. The van der Waals surface area contributed by atoms with Gasteiger partial charge in [0.15, 0.2) is 0 Å². The van der Waals surface area contributed by atoms with E-state index in [-0.39, 0.29) is 0 Å². The maximum absolute atomic E-state index is 5.93. The Morgan fingerprint density at radius 1 is 1.23 bits per heavy atom. The van der Waals surface area contributed by atoms with Crippen molar-refractivity contribution in [1.82, 2.24) is 14.7 Å². The number of aryl methyl sites for hydroxylation is 2. The third-order valence-electron chi connectivity index (χ3n) is 5.51. The van der Waals surface area contributed by atoms with Gasteiger partial charge in [-0.2, -0.15) is 5.10 Å². The second kappa shape index (κ2) is 7.83. The van der Waals surface area contributed by atoms with Crippen molar-refractivity contribution < 1.29 is 4.74 Å². The smallest absolute Gasteiger partial charge is 0.0703 e. The molecule has 1 aromatic carbocycles. The summed E-state index contributed by atoms with van der Waals surface area (Å²) in [6.45, 7) is 5.90. The topological polar surface area (TPSA) is 30.3 Å². The number of aromatic nitrogens is 2. The summed E-state index contributed by atoms with van der Waals surface area (Å²) in [4.78, 5) is 2.54. The van der Waals surface area contributed by atoms with Crippen LogP contribution in [-0.4, -0.2) is 33.9 Å². The maximum Gasteiger partial charge on any atom is 0.0703 e. The van der Waals surface area contributed by atoms with Crippen molar-refractivity contribution in [3.63, 3.8) is 0 Å². The first-order chi connectivity index (χ1) is 12.6. The minimum absolute atomic E-state index is 0.361. The molecule has 0 bridgehead atoms. The van der Waals surface area contributed by atoms with Gasteiger partial charge in [0, 0.05) is 54.9 Å². The molecule has 4 nitrogen and oxygen atoms in total. The minimum atomic E-state index is 0.361. The van der Waals surface area contributed by atoms with E-state index in [9.17, 15) is 0 Å². The molecule has 5 heteroatoms. The molecule has 4 rings (SSSR count). The van der Waals surface area contributed by atoms with Gasteiger partial charge in [0.05, 0.1) is 12.3 Å². The van der Waals surface area contributed by atoms with Crippen LogP contribution in [0.15, 0.2) is 28.9 Å². The van der Waals surface area contributed by atoms with Crippen LogP contribution >= 0.6 is 15.9 Å². The average molecular weight is 418 g/mol. The largest absolute Gasteiger partial charge is 0.377 e. The molecule has 1 aromatic heterocycles. The molecule has 1 saturated heterocycles. The van der Waals surface area contributed by atoms with Crippen LogP contribution in [-0.2, 0) is 24.9 Å². The zero-order valence-electron chi connectivity index (χ0n) is 15.7. The third kappa shape index (κ3) is 4.21. The van der Waals surface area contributed by atoms with Gasteiger partial charge in [0.1, 0.15) is 0 Å². The van der Waals surface area contributed by atoms with Gasteiger partial charge in [0.25, 0.3) is 0 Å². The lowest BCUT2D eigenvalue weighted by molar-refractivity contribution is 0.0677. The summed E-state index contributed by atoms with van der Waals surface area (Å²) >= 11 is 3.75. The number of hydrogen-bond acceptors (Lipinski definition) is 3. The molecule has 0 N–H and O–H groups in total. The molecular weight excluding hydrogens is 390 g/mol. The van der Waals surface area contributed by atoms with E-state index in [1.165, 1.54) is 52.5 Å². The predicted molar refractivity (Wildman–Crippen MR) is 107 cm³/mol. The molecule has 140 valence electrons. The van der Waals surface area contributed by atoms with E-state index >= 15 is 0 Å². The van der Waals surface area contributed by atoms with Crippen molar-refractivity contribution >= 4 is 15.9 Å². The first kappa shape index (κ1) is 18.2. The number of nitrogens with zero attached hydrogens (tertiary/aromatic N) is 3. The monoisotopic (exact) mass is 417 g/mol. The summed E-state index contributed by atoms with van der Waals surface area (Å²) in [6.07, 6.45) is 7.41. The zero-order chi connectivity index (χ0) is 18.1. The normalized spacial score (nSPS) is 20.2. The van der Waals surface area contributed by atoms with Crippen LogP contribution in [0.3, 0.4) is 0 Å². The summed E-state index contributed by atoms with van der Waals surface area (Å²) in [6, 6.07) is 6.65. The Morgan fingerprint density at radius 3 is 2.73 bits per heavy atom. The van der Waals surface area contributed by atoms with E-state index < -0.39 is 0 Å². The van der Waals surface area contributed by atoms with Gasteiger partial charge in [-0.05, 0) is 49.8 Å². The van der Waals surface area contributed by atoms with Gasteiger partial charge in [-0.25, -0.2) is 0 Å². The van der Waals surface area contributed by atoms with Crippen molar-refractivity contribution in [2.24, 2.45) is 7.05 Å². The number of halogens is 1. The quantitative estimate of drug-likeness (QED) is 0.661. The lowest BCUT2D eigenvalue weighted by Gasteiger charge is -2.26.